The van der Waals surface area contributed by atoms with Crippen molar-refractivity contribution in [3.63, 3.8) is 0 Å². The fourth-order valence-electron chi connectivity index (χ4n) is 3.30. The number of nitrogens with one attached hydrogen (secondary N) is 1. The first-order valence-electron chi connectivity index (χ1n) is 8.83. The van der Waals surface area contributed by atoms with E-state index in [1.807, 2.05) is 10.9 Å². The largest absolute Gasteiger partial charge is 0.299 e. The zero-order valence-corrected chi connectivity index (χ0v) is 14.6. The first-order chi connectivity index (χ1) is 12.8. The van der Waals surface area contributed by atoms with Gasteiger partial charge in [0.1, 0.15) is 18.5 Å². The van der Waals surface area contributed by atoms with Gasteiger partial charge in [0.25, 0.3) is 0 Å². The topological polar surface area (TPSA) is 65.9 Å². The van der Waals surface area contributed by atoms with Crippen molar-refractivity contribution < 1.29 is 4.39 Å². The van der Waals surface area contributed by atoms with Gasteiger partial charge in [0.05, 0.1) is 18.4 Å². The molecule has 1 fully saturated rings. The number of benzene rings is 1. The van der Waals surface area contributed by atoms with Crippen LogP contribution in [0.15, 0.2) is 43.1 Å². The van der Waals surface area contributed by atoms with Gasteiger partial charge in [-0.05, 0) is 24.3 Å². The summed E-state index contributed by atoms with van der Waals surface area (Å²) in [5.74, 6) is -0.225. The van der Waals surface area contributed by atoms with E-state index in [0.29, 0.717) is 0 Å². The minimum atomic E-state index is -0.225. The molecule has 26 heavy (non-hydrogen) atoms. The molecule has 136 valence electrons. The molecule has 1 aliphatic rings. The van der Waals surface area contributed by atoms with Gasteiger partial charge in [-0.3, -0.25) is 19.6 Å². The third-order valence-corrected chi connectivity index (χ3v) is 4.82. The van der Waals surface area contributed by atoms with Gasteiger partial charge in [-0.2, -0.15) is 10.2 Å². The predicted molar refractivity (Wildman–Crippen MR) is 95.7 cm³/mol. The van der Waals surface area contributed by atoms with Crippen LogP contribution in [0.2, 0.25) is 0 Å². The van der Waals surface area contributed by atoms with Crippen LogP contribution in [-0.4, -0.2) is 67.5 Å². The van der Waals surface area contributed by atoms with Gasteiger partial charge in [0.2, 0.25) is 0 Å². The van der Waals surface area contributed by atoms with E-state index >= 15 is 0 Å². The molecule has 4 rings (SSSR count). The molecule has 3 heterocycles. The van der Waals surface area contributed by atoms with Crippen molar-refractivity contribution >= 4 is 0 Å². The van der Waals surface area contributed by atoms with Crippen molar-refractivity contribution in [2.24, 2.45) is 0 Å². The number of hydrogen-bond acceptors (Lipinski definition) is 5. The molecule has 1 aromatic carbocycles. The van der Waals surface area contributed by atoms with Crippen LogP contribution in [0.4, 0.5) is 4.39 Å². The molecule has 0 bridgehead atoms. The lowest BCUT2D eigenvalue weighted by atomic mass is 10.1. The van der Waals surface area contributed by atoms with E-state index in [9.17, 15) is 4.39 Å². The highest BCUT2D eigenvalue weighted by atomic mass is 19.1. The normalized spacial score (nSPS) is 16.2. The summed E-state index contributed by atoms with van der Waals surface area (Å²) in [5, 5.41) is 11.4. The van der Waals surface area contributed by atoms with E-state index in [1.54, 1.807) is 24.8 Å². The number of nitrogens with zero attached hydrogens (tertiary/aromatic N) is 6. The van der Waals surface area contributed by atoms with E-state index < -0.39 is 0 Å². The number of hydrogen-bond donors (Lipinski definition) is 1. The fourth-order valence-corrected chi connectivity index (χ4v) is 3.30. The molecule has 1 N–H and O–H groups in total. The minimum absolute atomic E-state index is 0.225. The summed E-state index contributed by atoms with van der Waals surface area (Å²) < 4.78 is 15.0. The highest BCUT2D eigenvalue weighted by Gasteiger charge is 2.19. The zero-order valence-electron chi connectivity index (χ0n) is 14.6. The van der Waals surface area contributed by atoms with Crippen LogP contribution in [0.1, 0.15) is 5.56 Å². The second-order valence-electron chi connectivity index (χ2n) is 6.55. The minimum Gasteiger partial charge on any atom is -0.299 e. The van der Waals surface area contributed by atoms with Crippen LogP contribution in [0.25, 0.3) is 11.3 Å². The maximum atomic E-state index is 13.1. The molecule has 3 aromatic rings. The van der Waals surface area contributed by atoms with E-state index in [2.05, 4.69) is 30.1 Å². The van der Waals surface area contributed by atoms with Crippen LogP contribution in [0.3, 0.4) is 0 Å². The Morgan fingerprint density at radius 2 is 1.77 bits per heavy atom. The number of aromatic nitrogens is 5. The van der Waals surface area contributed by atoms with E-state index in [-0.39, 0.29) is 5.82 Å². The summed E-state index contributed by atoms with van der Waals surface area (Å²) in [6.45, 7) is 6.83. The van der Waals surface area contributed by atoms with Gasteiger partial charge in [-0.25, -0.2) is 9.37 Å². The summed E-state index contributed by atoms with van der Waals surface area (Å²) in [5.41, 5.74) is 3.08. The van der Waals surface area contributed by atoms with Crippen molar-refractivity contribution in [2.75, 3.05) is 32.7 Å². The Hall–Kier alpha value is -2.58. The van der Waals surface area contributed by atoms with Crippen LogP contribution in [-0.2, 0) is 13.1 Å². The summed E-state index contributed by atoms with van der Waals surface area (Å²) in [4.78, 5) is 8.86. The third-order valence-electron chi connectivity index (χ3n) is 4.82. The molecule has 8 heteroatoms. The molecule has 0 spiro atoms. The second kappa shape index (κ2) is 7.76. The van der Waals surface area contributed by atoms with Crippen LogP contribution in [0.5, 0.6) is 0 Å². The van der Waals surface area contributed by atoms with Gasteiger partial charge >= 0.3 is 0 Å². The molecule has 1 aliphatic heterocycles. The molecule has 2 aromatic heterocycles. The Kier molecular flexibility index (Phi) is 5.03. The maximum absolute atomic E-state index is 13.1. The number of piperazine rings is 1. The molecular formula is C18H22FN7. The molecule has 0 saturated carbocycles. The van der Waals surface area contributed by atoms with Gasteiger partial charge in [-0.15, -0.1) is 0 Å². The van der Waals surface area contributed by atoms with E-state index in [0.717, 1.165) is 62.6 Å². The van der Waals surface area contributed by atoms with Gasteiger partial charge in [0, 0.05) is 50.4 Å². The molecule has 0 unspecified atom stereocenters. The Labute approximate surface area is 151 Å². The molecule has 0 amide bonds. The number of rotatable bonds is 6. The van der Waals surface area contributed by atoms with Crippen LogP contribution >= 0.6 is 0 Å². The predicted octanol–water partition coefficient (Wildman–Crippen LogP) is 1.63. The number of halogens is 1. The molecular weight excluding hydrogens is 333 g/mol. The van der Waals surface area contributed by atoms with Crippen molar-refractivity contribution in [1.29, 1.82) is 0 Å². The van der Waals surface area contributed by atoms with Gasteiger partial charge in [-0.1, -0.05) is 0 Å². The lowest BCUT2D eigenvalue weighted by molar-refractivity contribution is 0.123. The third kappa shape index (κ3) is 3.97. The Morgan fingerprint density at radius 3 is 2.50 bits per heavy atom. The first-order valence-corrected chi connectivity index (χ1v) is 8.83. The average molecular weight is 355 g/mol. The number of aromatic amines is 1. The Bertz CT molecular complexity index is 804. The quantitative estimate of drug-likeness (QED) is 0.728. The summed E-state index contributed by atoms with van der Waals surface area (Å²) in [6, 6.07) is 6.53. The van der Waals surface area contributed by atoms with E-state index in [1.165, 1.54) is 12.1 Å². The van der Waals surface area contributed by atoms with Crippen LogP contribution < -0.4 is 0 Å². The lowest BCUT2D eigenvalue weighted by Crippen LogP contribution is -2.46. The first kappa shape index (κ1) is 16.9. The summed E-state index contributed by atoms with van der Waals surface area (Å²) >= 11 is 0. The lowest BCUT2D eigenvalue weighted by Gasteiger charge is -2.34. The average Bonchev–Trinajstić information content (AvgIpc) is 3.34. The standard InChI is InChI=1S/C18H22FN7/c19-17-3-1-15(2-4-17)18-16(11-21-23-18)12-25-7-5-24(6-8-25)9-10-26-14-20-13-22-26/h1-4,11,13-14H,5-10,12H2,(H,21,23). The summed E-state index contributed by atoms with van der Waals surface area (Å²) in [7, 11) is 0. The molecule has 1 saturated heterocycles. The van der Waals surface area contributed by atoms with Gasteiger partial charge < -0.3 is 0 Å². The van der Waals surface area contributed by atoms with Crippen molar-refractivity contribution in [1.82, 2.24) is 34.8 Å². The number of H-pyrrole nitrogens is 1. The van der Waals surface area contributed by atoms with Crippen molar-refractivity contribution in [3.8, 4) is 11.3 Å². The monoisotopic (exact) mass is 355 g/mol. The second-order valence-corrected chi connectivity index (χ2v) is 6.55. The highest BCUT2D eigenvalue weighted by Crippen LogP contribution is 2.23. The molecule has 0 aliphatic carbocycles. The molecule has 0 atom stereocenters. The van der Waals surface area contributed by atoms with Gasteiger partial charge in [0.15, 0.2) is 0 Å². The fraction of sp³-hybridized carbons (Fsp3) is 0.389. The molecule has 0 radical (unpaired) electrons. The zero-order chi connectivity index (χ0) is 17.8. The maximum Gasteiger partial charge on any atom is 0.137 e. The SMILES string of the molecule is Fc1ccc(-c2[nH]ncc2CN2CCN(CCn3cncn3)CC2)cc1. The van der Waals surface area contributed by atoms with Crippen molar-refractivity contribution in [3.05, 3.63) is 54.5 Å². The van der Waals surface area contributed by atoms with Crippen molar-refractivity contribution in [2.45, 2.75) is 13.1 Å². The Balaban J connectivity index is 1.31. The summed E-state index contributed by atoms with van der Waals surface area (Å²) in [6.07, 6.45) is 5.20. The van der Waals surface area contributed by atoms with Crippen LogP contribution in [0, 0.1) is 5.82 Å². The highest BCUT2D eigenvalue weighted by molar-refractivity contribution is 5.62. The smallest absolute Gasteiger partial charge is 0.137 e. The van der Waals surface area contributed by atoms with E-state index in [4.69, 9.17) is 0 Å². The Morgan fingerprint density at radius 1 is 1.00 bits per heavy atom. The molecule has 7 nitrogen and oxygen atoms in total.